The second kappa shape index (κ2) is 7.61. The zero-order valence-corrected chi connectivity index (χ0v) is 14.1. The molecular formula is C17H25N5O2. The molecule has 0 saturated carbocycles. The molecule has 7 heteroatoms. The summed E-state index contributed by atoms with van der Waals surface area (Å²) in [6.07, 6.45) is 3.83. The molecule has 1 atom stereocenters. The van der Waals surface area contributed by atoms with Crippen LogP contribution in [-0.4, -0.2) is 66.0 Å². The number of pyridine rings is 1. The summed E-state index contributed by atoms with van der Waals surface area (Å²) in [4.78, 5) is 31.1. The van der Waals surface area contributed by atoms with Gasteiger partial charge in [0, 0.05) is 25.8 Å². The molecule has 1 aromatic rings. The topological polar surface area (TPSA) is 77.6 Å². The van der Waals surface area contributed by atoms with Crippen molar-refractivity contribution in [2.24, 2.45) is 5.92 Å². The molecule has 2 saturated heterocycles. The van der Waals surface area contributed by atoms with E-state index in [0.29, 0.717) is 12.5 Å². The Morgan fingerprint density at radius 1 is 1.38 bits per heavy atom. The Morgan fingerprint density at radius 2 is 2.25 bits per heavy atom. The molecule has 130 valence electrons. The Kier molecular flexibility index (Phi) is 5.30. The molecule has 0 aliphatic carbocycles. The van der Waals surface area contributed by atoms with Crippen LogP contribution in [0.5, 0.6) is 0 Å². The van der Waals surface area contributed by atoms with E-state index in [2.05, 4.69) is 33.5 Å². The summed E-state index contributed by atoms with van der Waals surface area (Å²) in [7, 11) is 0. The fourth-order valence-electron chi connectivity index (χ4n) is 3.30. The standard InChI is InChI=1S/C17H25N5O2/c1-13-3-5-18-15(9-13)19-10-14-4-8-21(12-14)6-2-7-22-16(23)11-20-17(22)24/h3,5,9,14H,2,4,6-8,10-12H2,1H3,(H,18,19)(H,20,24)/t14-/m1/s1. The van der Waals surface area contributed by atoms with Crippen molar-refractivity contribution in [3.8, 4) is 0 Å². The van der Waals surface area contributed by atoms with Gasteiger partial charge in [-0.25, -0.2) is 9.78 Å². The van der Waals surface area contributed by atoms with Crippen molar-refractivity contribution in [2.45, 2.75) is 19.8 Å². The Hall–Kier alpha value is -2.15. The Labute approximate surface area is 142 Å². The second-order valence-corrected chi connectivity index (χ2v) is 6.61. The molecule has 2 fully saturated rings. The van der Waals surface area contributed by atoms with Gasteiger partial charge in [0.15, 0.2) is 0 Å². The van der Waals surface area contributed by atoms with Crippen LogP contribution in [-0.2, 0) is 4.79 Å². The average Bonchev–Trinajstić information content (AvgIpc) is 3.14. The van der Waals surface area contributed by atoms with Crippen molar-refractivity contribution in [3.05, 3.63) is 23.9 Å². The first kappa shape index (κ1) is 16.7. The summed E-state index contributed by atoms with van der Waals surface area (Å²) in [5.74, 6) is 1.44. The largest absolute Gasteiger partial charge is 0.370 e. The quantitative estimate of drug-likeness (QED) is 0.731. The van der Waals surface area contributed by atoms with Crippen LogP contribution >= 0.6 is 0 Å². The van der Waals surface area contributed by atoms with Crippen molar-refractivity contribution in [1.82, 2.24) is 20.1 Å². The minimum Gasteiger partial charge on any atom is -0.370 e. The second-order valence-electron chi connectivity index (χ2n) is 6.61. The van der Waals surface area contributed by atoms with E-state index in [1.54, 1.807) is 0 Å². The number of imide groups is 1. The highest BCUT2D eigenvalue weighted by molar-refractivity contribution is 6.01. The van der Waals surface area contributed by atoms with E-state index >= 15 is 0 Å². The van der Waals surface area contributed by atoms with Crippen LogP contribution < -0.4 is 10.6 Å². The molecule has 2 aliphatic rings. The lowest BCUT2D eigenvalue weighted by molar-refractivity contribution is -0.125. The first-order chi connectivity index (χ1) is 11.6. The molecule has 3 rings (SSSR count). The van der Waals surface area contributed by atoms with Crippen LogP contribution in [0.1, 0.15) is 18.4 Å². The third-order valence-corrected chi connectivity index (χ3v) is 4.65. The lowest BCUT2D eigenvalue weighted by Gasteiger charge is -2.18. The monoisotopic (exact) mass is 331 g/mol. The highest BCUT2D eigenvalue weighted by Crippen LogP contribution is 2.17. The number of nitrogens with one attached hydrogen (secondary N) is 2. The highest BCUT2D eigenvalue weighted by Gasteiger charge is 2.28. The number of likely N-dealkylation sites (tertiary alicyclic amines) is 1. The first-order valence-electron chi connectivity index (χ1n) is 8.59. The van der Waals surface area contributed by atoms with Crippen LogP contribution in [0.4, 0.5) is 10.6 Å². The zero-order valence-electron chi connectivity index (χ0n) is 14.1. The van der Waals surface area contributed by atoms with Crippen LogP contribution in [0.3, 0.4) is 0 Å². The molecule has 0 bridgehead atoms. The molecule has 0 spiro atoms. The number of aromatic nitrogens is 1. The van der Waals surface area contributed by atoms with Gasteiger partial charge in [0.2, 0.25) is 5.91 Å². The fourth-order valence-corrected chi connectivity index (χ4v) is 3.30. The number of hydrogen-bond acceptors (Lipinski definition) is 5. The maximum atomic E-state index is 11.5. The van der Waals surface area contributed by atoms with Crippen molar-refractivity contribution in [3.63, 3.8) is 0 Å². The number of nitrogens with zero attached hydrogens (tertiary/aromatic N) is 3. The van der Waals surface area contributed by atoms with Crippen molar-refractivity contribution < 1.29 is 9.59 Å². The SMILES string of the molecule is Cc1ccnc(NC[C@H]2CCN(CCCN3C(=O)CNC3=O)C2)c1. The molecule has 24 heavy (non-hydrogen) atoms. The number of rotatable bonds is 7. The van der Waals surface area contributed by atoms with Gasteiger partial charge in [-0.2, -0.15) is 0 Å². The van der Waals surface area contributed by atoms with Gasteiger partial charge in [0.1, 0.15) is 5.82 Å². The van der Waals surface area contributed by atoms with Crippen molar-refractivity contribution in [2.75, 3.05) is 44.6 Å². The van der Waals surface area contributed by atoms with E-state index in [1.807, 2.05) is 12.3 Å². The molecular weight excluding hydrogens is 306 g/mol. The van der Waals surface area contributed by atoms with Gasteiger partial charge in [0.05, 0.1) is 6.54 Å². The minimum absolute atomic E-state index is 0.117. The van der Waals surface area contributed by atoms with E-state index in [-0.39, 0.29) is 18.5 Å². The number of anilines is 1. The number of urea groups is 1. The van der Waals surface area contributed by atoms with E-state index in [0.717, 1.165) is 38.4 Å². The predicted octanol–water partition coefficient (Wildman–Crippen LogP) is 1.07. The number of carbonyl (C=O) groups excluding carboxylic acids is 2. The Morgan fingerprint density at radius 3 is 3.00 bits per heavy atom. The van der Waals surface area contributed by atoms with Gasteiger partial charge in [-0.05, 0) is 56.5 Å². The maximum Gasteiger partial charge on any atom is 0.324 e. The lowest BCUT2D eigenvalue weighted by atomic mass is 10.1. The van der Waals surface area contributed by atoms with Crippen LogP contribution in [0.2, 0.25) is 0 Å². The fraction of sp³-hybridized carbons (Fsp3) is 0.588. The van der Waals surface area contributed by atoms with Gasteiger partial charge < -0.3 is 15.5 Å². The smallest absolute Gasteiger partial charge is 0.324 e. The molecule has 0 aromatic carbocycles. The van der Waals surface area contributed by atoms with Crippen LogP contribution in [0, 0.1) is 12.8 Å². The molecule has 3 heterocycles. The Balaban J connectivity index is 1.35. The minimum atomic E-state index is -0.255. The summed E-state index contributed by atoms with van der Waals surface area (Å²) in [5.41, 5.74) is 1.21. The van der Waals surface area contributed by atoms with Gasteiger partial charge >= 0.3 is 6.03 Å². The summed E-state index contributed by atoms with van der Waals surface area (Å²) in [6.45, 7) is 6.71. The summed E-state index contributed by atoms with van der Waals surface area (Å²) in [5, 5.41) is 5.97. The third-order valence-electron chi connectivity index (χ3n) is 4.65. The number of carbonyl (C=O) groups is 2. The molecule has 7 nitrogen and oxygen atoms in total. The summed E-state index contributed by atoms with van der Waals surface area (Å²) in [6, 6.07) is 3.80. The third kappa shape index (κ3) is 4.23. The van der Waals surface area contributed by atoms with Gasteiger partial charge in [0.25, 0.3) is 0 Å². The number of hydrogen-bond donors (Lipinski definition) is 2. The first-order valence-corrected chi connectivity index (χ1v) is 8.59. The van der Waals surface area contributed by atoms with E-state index in [1.165, 1.54) is 16.9 Å². The predicted molar refractivity (Wildman–Crippen MR) is 91.7 cm³/mol. The van der Waals surface area contributed by atoms with E-state index < -0.39 is 0 Å². The van der Waals surface area contributed by atoms with Crippen LogP contribution in [0.25, 0.3) is 0 Å². The molecule has 3 amide bonds. The summed E-state index contributed by atoms with van der Waals surface area (Å²) < 4.78 is 0. The molecule has 0 radical (unpaired) electrons. The van der Waals surface area contributed by atoms with Crippen molar-refractivity contribution in [1.29, 1.82) is 0 Å². The van der Waals surface area contributed by atoms with Crippen LogP contribution in [0.15, 0.2) is 18.3 Å². The zero-order chi connectivity index (χ0) is 16.9. The molecule has 1 aromatic heterocycles. The molecule has 2 N–H and O–H groups in total. The molecule has 0 unspecified atom stereocenters. The van der Waals surface area contributed by atoms with Gasteiger partial charge in [-0.1, -0.05) is 0 Å². The normalized spacial score (nSPS) is 21.4. The van der Waals surface area contributed by atoms with E-state index in [9.17, 15) is 9.59 Å². The maximum absolute atomic E-state index is 11.5. The lowest BCUT2D eigenvalue weighted by Crippen LogP contribution is -2.34. The highest BCUT2D eigenvalue weighted by atomic mass is 16.2. The van der Waals surface area contributed by atoms with E-state index in [4.69, 9.17) is 0 Å². The average molecular weight is 331 g/mol. The summed E-state index contributed by atoms with van der Waals surface area (Å²) >= 11 is 0. The molecule has 2 aliphatic heterocycles. The van der Waals surface area contributed by atoms with Crippen molar-refractivity contribution >= 4 is 17.8 Å². The number of aryl methyl sites for hydroxylation is 1. The van der Waals surface area contributed by atoms with Gasteiger partial charge in [-0.15, -0.1) is 0 Å². The Bertz CT molecular complexity index is 590. The number of amides is 3. The van der Waals surface area contributed by atoms with Gasteiger partial charge in [-0.3, -0.25) is 9.69 Å².